The number of rotatable bonds is 4. The summed E-state index contributed by atoms with van der Waals surface area (Å²) in [5.41, 5.74) is 4.20. The van der Waals surface area contributed by atoms with Crippen molar-refractivity contribution in [3.05, 3.63) is 29.8 Å². The van der Waals surface area contributed by atoms with Crippen LogP contribution in [-0.2, 0) is 9.59 Å². The molecule has 0 saturated carbocycles. The number of hydrazine groups is 1. The number of hydrogen-bond donors (Lipinski definition) is 1. The Labute approximate surface area is 118 Å². The minimum Gasteiger partial charge on any atom is -0.300 e. The molecule has 1 heterocycles. The maximum atomic E-state index is 12.0. The first-order valence-electron chi connectivity index (χ1n) is 6.68. The molecule has 1 atom stereocenters. The molecular weight excluding hydrogens is 254 g/mol. The predicted molar refractivity (Wildman–Crippen MR) is 74.7 cm³/mol. The van der Waals surface area contributed by atoms with Crippen molar-refractivity contribution in [1.29, 1.82) is 5.26 Å². The number of benzene rings is 1. The van der Waals surface area contributed by atoms with Gasteiger partial charge in [-0.3, -0.25) is 15.2 Å². The third-order valence-electron chi connectivity index (χ3n) is 3.45. The summed E-state index contributed by atoms with van der Waals surface area (Å²) in [6.07, 6.45) is 1.77. The number of ketones is 1. The van der Waals surface area contributed by atoms with Crippen molar-refractivity contribution in [2.75, 3.05) is 11.6 Å². The van der Waals surface area contributed by atoms with Gasteiger partial charge in [0.15, 0.2) is 0 Å². The van der Waals surface area contributed by atoms with E-state index in [1.165, 1.54) is 0 Å². The monoisotopic (exact) mass is 271 g/mol. The van der Waals surface area contributed by atoms with Crippen LogP contribution in [0.1, 0.15) is 31.7 Å². The third kappa shape index (κ3) is 3.35. The molecule has 1 unspecified atom stereocenters. The molecule has 1 aliphatic rings. The number of hydrogen-bond acceptors (Lipinski definition) is 4. The molecule has 1 amide bonds. The Kier molecular flexibility index (Phi) is 4.36. The Morgan fingerprint density at radius 3 is 3.00 bits per heavy atom. The minimum absolute atomic E-state index is 0.0557. The Hall–Kier alpha value is -2.35. The summed E-state index contributed by atoms with van der Waals surface area (Å²) in [5, 5.41) is 10.6. The Morgan fingerprint density at radius 1 is 1.55 bits per heavy atom. The molecule has 0 radical (unpaired) electrons. The highest BCUT2D eigenvalue weighted by Gasteiger charge is 2.26. The van der Waals surface area contributed by atoms with Gasteiger partial charge in [0.05, 0.1) is 17.3 Å². The molecule has 0 spiro atoms. The van der Waals surface area contributed by atoms with Crippen molar-refractivity contribution in [3.8, 4) is 6.07 Å². The van der Waals surface area contributed by atoms with Crippen LogP contribution in [-0.4, -0.2) is 18.2 Å². The molecule has 2 rings (SSSR count). The fourth-order valence-corrected chi connectivity index (χ4v) is 2.29. The number of carbonyl (C=O) groups is 2. The lowest BCUT2D eigenvalue weighted by Crippen LogP contribution is -2.51. The Bertz CT molecular complexity index is 562. The number of nitrogens with one attached hydrogen (secondary N) is 1. The number of carbonyl (C=O) groups excluding carboxylic acids is 2. The average Bonchev–Trinajstić information content (AvgIpc) is 2.46. The van der Waals surface area contributed by atoms with Crippen molar-refractivity contribution in [2.24, 2.45) is 5.92 Å². The van der Waals surface area contributed by atoms with Crippen LogP contribution >= 0.6 is 0 Å². The van der Waals surface area contributed by atoms with Gasteiger partial charge in [0, 0.05) is 18.9 Å². The van der Waals surface area contributed by atoms with Gasteiger partial charge < -0.3 is 4.79 Å². The van der Waals surface area contributed by atoms with E-state index in [-0.39, 0.29) is 17.6 Å². The van der Waals surface area contributed by atoms with Gasteiger partial charge in [-0.2, -0.15) is 5.26 Å². The summed E-state index contributed by atoms with van der Waals surface area (Å²) >= 11 is 0. The normalized spacial score (nSPS) is 18.3. The third-order valence-corrected chi connectivity index (χ3v) is 3.45. The molecule has 0 aromatic heterocycles. The van der Waals surface area contributed by atoms with E-state index >= 15 is 0 Å². The zero-order chi connectivity index (χ0) is 14.5. The van der Waals surface area contributed by atoms with E-state index in [2.05, 4.69) is 11.5 Å². The van der Waals surface area contributed by atoms with E-state index in [9.17, 15) is 9.59 Å². The number of nitriles is 1. The first-order chi connectivity index (χ1) is 9.60. The van der Waals surface area contributed by atoms with Crippen LogP contribution < -0.4 is 10.4 Å². The summed E-state index contributed by atoms with van der Waals surface area (Å²) in [5.74, 6) is -0.0453. The molecule has 5 nitrogen and oxygen atoms in total. The fourth-order valence-electron chi connectivity index (χ4n) is 2.29. The van der Waals surface area contributed by atoms with Crippen molar-refractivity contribution >= 4 is 17.4 Å². The molecular formula is C15H17N3O2. The molecule has 1 saturated heterocycles. The van der Waals surface area contributed by atoms with Gasteiger partial charge in [0.2, 0.25) is 5.91 Å². The molecule has 1 aromatic rings. The highest BCUT2D eigenvalue weighted by molar-refractivity contribution is 5.83. The van der Waals surface area contributed by atoms with Crippen molar-refractivity contribution in [1.82, 2.24) is 5.43 Å². The van der Waals surface area contributed by atoms with E-state index < -0.39 is 0 Å². The lowest BCUT2D eigenvalue weighted by atomic mass is 9.96. The second-order valence-electron chi connectivity index (χ2n) is 5.02. The SMILES string of the molecule is CC(=O)CCC1CCN(c2cccc(C#N)c2)NC1=O. The van der Waals surface area contributed by atoms with Gasteiger partial charge in [-0.25, -0.2) is 0 Å². The molecule has 0 aliphatic carbocycles. The summed E-state index contributed by atoms with van der Waals surface area (Å²) in [7, 11) is 0. The molecule has 1 fully saturated rings. The lowest BCUT2D eigenvalue weighted by Gasteiger charge is -2.33. The smallest absolute Gasteiger partial charge is 0.241 e. The topological polar surface area (TPSA) is 73.2 Å². The number of amides is 1. The van der Waals surface area contributed by atoms with Crippen LogP contribution in [0.2, 0.25) is 0 Å². The van der Waals surface area contributed by atoms with E-state index in [4.69, 9.17) is 5.26 Å². The average molecular weight is 271 g/mol. The predicted octanol–water partition coefficient (Wildman–Crippen LogP) is 1.78. The molecule has 1 N–H and O–H groups in total. The highest BCUT2D eigenvalue weighted by atomic mass is 16.2. The standard InChI is InChI=1S/C15H17N3O2/c1-11(19)5-6-13-7-8-18(17-15(13)20)14-4-2-3-12(9-14)10-16/h2-4,9,13H,5-8H2,1H3,(H,17,20). The molecule has 1 aliphatic heterocycles. The fraction of sp³-hybridized carbons (Fsp3) is 0.400. The zero-order valence-electron chi connectivity index (χ0n) is 11.4. The van der Waals surface area contributed by atoms with Gasteiger partial charge in [-0.1, -0.05) is 6.07 Å². The van der Waals surface area contributed by atoms with Gasteiger partial charge in [-0.05, 0) is 38.0 Å². The van der Waals surface area contributed by atoms with Crippen LogP contribution in [0.5, 0.6) is 0 Å². The summed E-state index contributed by atoms with van der Waals surface area (Å²) in [6.45, 7) is 2.23. The second kappa shape index (κ2) is 6.20. The van der Waals surface area contributed by atoms with Gasteiger partial charge in [0.25, 0.3) is 0 Å². The molecule has 104 valence electrons. The van der Waals surface area contributed by atoms with Gasteiger partial charge >= 0.3 is 0 Å². The maximum absolute atomic E-state index is 12.0. The van der Waals surface area contributed by atoms with Crippen LogP contribution in [0.3, 0.4) is 0 Å². The molecule has 5 heteroatoms. The van der Waals surface area contributed by atoms with Crippen LogP contribution in [0.4, 0.5) is 5.69 Å². The second-order valence-corrected chi connectivity index (χ2v) is 5.02. The number of nitrogens with zero attached hydrogens (tertiary/aromatic N) is 2. The summed E-state index contributed by atoms with van der Waals surface area (Å²) in [4.78, 5) is 23.0. The van der Waals surface area contributed by atoms with Crippen molar-refractivity contribution in [3.63, 3.8) is 0 Å². The van der Waals surface area contributed by atoms with Crippen LogP contribution in [0.15, 0.2) is 24.3 Å². The Morgan fingerprint density at radius 2 is 2.35 bits per heavy atom. The zero-order valence-corrected chi connectivity index (χ0v) is 11.4. The van der Waals surface area contributed by atoms with E-state index in [0.717, 1.165) is 12.1 Å². The molecule has 20 heavy (non-hydrogen) atoms. The van der Waals surface area contributed by atoms with Gasteiger partial charge in [0.1, 0.15) is 5.78 Å². The first kappa shape index (κ1) is 14.1. The lowest BCUT2D eigenvalue weighted by molar-refractivity contribution is -0.127. The van der Waals surface area contributed by atoms with E-state index in [1.807, 2.05) is 6.07 Å². The number of anilines is 1. The molecule has 0 bridgehead atoms. The van der Waals surface area contributed by atoms with Crippen LogP contribution in [0, 0.1) is 17.2 Å². The van der Waals surface area contributed by atoms with Gasteiger partial charge in [-0.15, -0.1) is 0 Å². The quantitative estimate of drug-likeness (QED) is 0.906. The van der Waals surface area contributed by atoms with Crippen LogP contribution in [0.25, 0.3) is 0 Å². The summed E-state index contributed by atoms with van der Waals surface area (Å²) in [6, 6.07) is 9.21. The minimum atomic E-state index is -0.103. The van der Waals surface area contributed by atoms with E-state index in [1.54, 1.807) is 30.1 Å². The highest BCUT2D eigenvalue weighted by Crippen LogP contribution is 2.22. The van der Waals surface area contributed by atoms with E-state index in [0.29, 0.717) is 24.9 Å². The van der Waals surface area contributed by atoms with Crippen molar-refractivity contribution in [2.45, 2.75) is 26.2 Å². The first-order valence-corrected chi connectivity index (χ1v) is 6.68. The Balaban J connectivity index is 2.00. The van der Waals surface area contributed by atoms with Crippen molar-refractivity contribution < 1.29 is 9.59 Å². The largest absolute Gasteiger partial charge is 0.300 e. The summed E-state index contributed by atoms with van der Waals surface area (Å²) < 4.78 is 0. The maximum Gasteiger partial charge on any atom is 0.241 e. The molecule has 1 aromatic carbocycles. The number of Topliss-reactive ketones (excluding diaryl/α,β-unsaturated/α-hetero) is 1.